The molecule has 2 saturated carbocycles. The van der Waals surface area contributed by atoms with Crippen molar-refractivity contribution in [1.82, 2.24) is 10.6 Å². The molecule has 0 saturated heterocycles. The van der Waals surface area contributed by atoms with Gasteiger partial charge in [-0.15, -0.1) is 0 Å². The molecule has 2 amide bonds. The first-order chi connectivity index (χ1) is 14.8. The summed E-state index contributed by atoms with van der Waals surface area (Å²) in [6, 6.07) is 3.18. The number of amides is 2. The van der Waals surface area contributed by atoms with Crippen LogP contribution in [0.1, 0.15) is 51.2 Å². The minimum Gasteiger partial charge on any atom is -0.394 e. The molecule has 2 bridgehead atoms. The lowest BCUT2D eigenvalue weighted by Crippen LogP contribution is -2.49. The van der Waals surface area contributed by atoms with Crippen LogP contribution in [0.15, 0.2) is 24.3 Å². The Balaban J connectivity index is 1.53. The maximum Gasteiger partial charge on any atom is 0.416 e. The van der Waals surface area contributed by atoms with Crippen LogP contribution in [0.25, 0.3) is 0 Å². The lowest BCUT2D eigenvalue weighted by Gasteiger charge is -2.37. The van der Waals surface area contributed by atoms with Gasteiger partial charge in [0.05, 0.1) is 18.3 Å². The Morgan fingerprint density at radius 1 is 1.19 bits per heavy atom. The molecular formula is C23H31F3N2O4. The fraction of sp³-hybridized carbons (Fsp3) is 0.652. The van der Waals surface area contributed by atoms with Crippen LogP contribution in [0.2, 0.25) is 0 Å². The van der Waals surface area contributed by atoms with Gasteiger partial charge in [-0.25, -0.2) is 0 Å². The van der Waals surface area contributed by atoms with E-state index in [-0.39, 0.29) is 35.6 Å². The van der Waals surface area contributed by atoms with Crippen LogP contribution in [0.3, 0.4) is 0 Å². The molecule has 2 fully saturated rings. The van der Waals surface area contributed by atoms with E-state index in [0.29, 0.717) is 5.56 Å². The number of carbonyl (C=O) groups is 2. The molecule has 1 aromatic carbocycles. The number of carbonyl (C=O) groups excluding carboxylic acids is 2. The van der Waals surface area contributed by atoms with Crippen LogP contribution >= 0.6 is 0 Å². The normalized spacial score (nSPS) is 29.6. The smallest absolute Gasteiger partial charge is 0.394 e. The van der Waals surface area contributed by atoms with Crippen LogP contribution < -0.4 is 10.6 Å². The van der Waals surface area contributed by atoms with Gasteiger partial charge in [0.15, 0.2) is 0 Å². The van der Waals surface area contributed by atoms with E-state index in [1.165, 1.54) is 12.1 Å². The van der Waals surface area contributed by atoms with Gasteiger partial charge in [-0.3, -0.25) is 9.59 Å². The molecule has 32 heavy (non-hydrogen) atoms. The zero-order chi connectivity index (χ0) is 23.9. The third-order valence-electron chi connectivity index (χ3n) is 7.95. The van der Waals surface area contributed by atoms with Crippen molar-refractivity contribution in [2.45, 2.75) is 64.9 Å². The second-order valence-corrected chi connectivity index (χ2v) is 9.81. The van der Waals surface area contributed by atoms with Gasteiger partial charge in [0.2, 0.25) is 11.8 Å². The summed E-state index contributed by atoms with van der Waals surface area (Å²) in [5, 5.41) is 25.4. The highest BCUT2D eigenvalue weighted by Crippen LogP contribution is 2.68. The predicted octanol–water partition coefficient (Wildman–Crippen LogP) is 2.62. The van der Waals surface area contributed by atoms with Crippen LogP contribution in [-0.4, -0.2) is 40.8 Å². The quantitative estimate of drug-likeness (QED) is 0.507. The summed E-state index contributed by atoms with van der Waals surface area (Å²) in [5.74, 6) is -1.07. The minimum absolute atomic E-state index is 0.0424. The summed E-state index contributed by atoms with van der Waals surface area (Å²) < 4.78 is 37.9. The fourth-order valence-corrected chi connectivity index (χ4v) is 5.57. The van der Waals surface area contributed by atoms with E-state index in [2.05, 4.69) is 31.4 Å². The highest BCUT2D eigenvalue weighted by molar-refractivity contribution is 5.87. The Labute approximate surface area is 185 Å². The van der Waals surface area contributed by atoms with Crippen LogP contribution in [0.4, 0.5) is 13.2 Å². The minimum atomic E-state index is -4.44. The van der Waals surface area contributed by atoms with Gasteiger partial charge >= 0.3 is 6.18 Å². The van der Waals surface area contributed by atoms with Crippen LogP contribution in [0, 0.1) is 22.7 Å². The molecule has 3 rings (SSSR count). The Kier molecular flexibility index (Phi) is 6.64. The van der Waals surface area contributed by atoms with E-state index < -0.39 is 42.3 Å². The predicted molar refractivity (Wildman–Crippen MR) is 111 cm³/mol. The maximum atomic E-state index is 12.6. The van der Waals surface area contributed by atoms with Gasteiger partial charge in [-0.05, 0) is 53.2 Å². The molecule has 4 unspecified atom stereocenters. The number of aliphatic hydroxyl groups excluding tert-OH is 2. The first-order valence-corrected chi connectivity index (χ1v) is 10.8. The van der Waals surface area contributed by atoms with E-state index in [4.69, 9.17) is 0 Å². The molecule has 2 aliphatic rings. The van der Waals surface area contributed by atoms with Gasteiger partial charge in [0.1, 0.15) is 6.04 Å². The third-order valence-corrected chi connectivity index (χ3v) is 7.95. The van der Waals surface area contributed by atoms with Gasteiger partial charge in [-0.1, -0.05) is 32.9 Å². The molecule has 0 aromatic heterocycles. The van der Waals surface area contributed by atoms with E-state index in [1.54, 1.807) is 0 Å². The number of rotatable bonds is 7. The molecule has 6 nitrogen and oxygen atoms in total. The molecular weight excluding hydrogens is 425 g/mol. The van der Waals surface area contributed by atoms with Gasteiger partial charge in [0.25, 0.3) is 0 Å². The molecule has 4 N–H and O–H groups in total. The largest absolute Gasteiger partial charge is 0.416 e. The third kappa shape index (κ3) is 4.37. The van der Waals surface area contributed by atoms with E-state index in [9.17, 15) is 33.0 Å². The lowest BCUT2D eigenvalue weighted by atomic mass is 9.70. The average Bonchev–Trinajstić information content (AvgIpc) is 3.03. The van der Waals surface area contributed by atoms with Crippen molar-refractivity contribution >= 4 is 11.8 Å². The molecule has 1 aromatic rings. The molecule has 0 aliphatic heterocycles. The second kappa shape index (κ2) is 8.67. The summed E-state index contributed by atoms with van der Waals surface area (Å²) in [4.78, 5) is 25.0. The Bertz CT molecular complexity index is 856. The number of hydrogen-bond donors (Lipinski definition) is 4. The average molecular weight is 457 g/mol. The van der Waals surface area contributed by atoms with Crippen LogP contribution in [0.5, 0.6) is 0 Å². The van der Waals surface area contributed by atoms with Crippen molar-refractivity contribution in [3.05, 3.63) is 35.4 Å². The SMILES string of the molecule is CC1(C)C2CCC1(C)C(O)C2CC(=O)N[C@@H](CO)C(=O)NCc1ccc(C(F)(F)F)cc1. The van der Waals surface area contributed by atoms with Crippen molar-refractivity contribution in [2.24, 2.45) is 22.7 Å². The van der Waals surface area contributed by atoms with Crippen molar-refractivity contribution < 1.29 is 33.0 Å². The van der Waals surface area contributed by atoms with Gasteiger partial charge in [0, 0.05) is 13.0 Å². The summed E-state index contributed by atoms with van der Waals surface area (Å²) in [7, 11) is 0. The molecule has 9 heteroatoms. The number of fused-ring (bicyclic) bond motifs is 2. The molecule has 0 heterocycles. The standard InChI is InChI=1S/C23H31F3N2O4/c1-21(2)16-8-9-22(21,3)19(31)15(16)10-18(30)28-17(12-29)20(32)27-11-13-4-6-14(7-5-13)23(24,25)26/h4-7,15-17,19,29,31H,8-12H2,1-3H3,(H,27,32)(H,28,30)/t15?,16?,17-,19?,22?/m0/s1. The summed E-state index contributed by atoms with van der Waals surface area (Å²) >= 11 is 0. The second-order valence-electron chi connectivity index (χ2n) is 9.81. The molecule has 0 spiro atoms. The van der Waals surface area contributed by atoms with Crippen molar-refractivity contribution in [3.63, 3.8) is 0 Å². The van der Waals surface area contributed by atoms with Crippen LogP contribution in [-0.2, 0) is 22.3 Å². The molecule has 178 valence electrons. The number of hydrogen-bond acceptors (Lipinski definition) is 4. The highest BCUT2D eigenvalue weighted by atomic mass is 19.4. The number of aliphatic hydroxyl groups is 2. The Morgan fingerprint density at radius 2 is 1.81 bits per heavy atom. The Hall–Kier alpha value is -2.13. The zero-order valence-corrected chi connectivity index (χ0v) is 18.5. The van der Waals surface area contributed by atoms with E-state index >= 15 is 0 Å². The summed E-state index contributed by atoms with van der Waals surface area (Å²) in [5.41, 5.74) is -0.673. The summed E-state index contributed by atoms with van der Waals surface area (Å²) in [6.07, 6.45) is -3.13. The van der Waals surface area contributed by atoms with E-state index in [1.807, 2.05) is 0 Å². The Morgan fingerprint density at radius 3 is 2.31 bits per heavy atom. The van der Waals surface area contributed by atoms with Crippen molar-refractivity contribution in [1.29, 1.82) is 0 Å². The molecule has 2 aliphatic carbocycles. The van der Waals surface area contributed by atoms with Gasteiger partial charge < -0.3 is 20.8 Å². The van der Waals surface area contributed by atoms with Crippen molar-refractivity contribution in [3.8, 4) is 0 Å². The monoisotopic (exact) mass is 456 g/mol. The number of benzene rings is 1. The molecule has 5 atom stereocenters. The maximum absolute atomic E-state index is 12.6. The number of alkyl halides is 3. The lowest BCUT2D eigenvalue weighted by molar-refractivity contribution is -0.137. The fourth-order valence-electron chi connectivity index (χ4n) is 5.57. The topological polar surface area (TPSA) is 98.7 Å². The summed E-state index contributed by atoms with van der Waals surface area (Å²) in [6.45, 7) is 5.64. The number of nitrogens with one attached hydrogen (secondary N) is 2. The number of halogens is 3. The van der Waals surface area contributed by atoms with Gasteiger partial charge in [-0.2, -0.15) is 13.2 Å². The first-order valence-electron chi connectivity index (χ1n) is 10.8. The zero-order valence-electron chi connectivity index (χ0n) is 18.5. The first kappa shape index (κ1) is 24.5. The van der Waals surface area contributed by atoms with E-state index in [0.717, 1.165) is 25.0 Å². The highest BCUT2D eigenvalue weighted by Gasteiger charge is 2.65. The molecule has 0 radical (unpaired) electrons. The van der Waals surface area contributed by atoms with Crippen molar-refractivity contribution in [2.75, 3.05) is 6.61 Å².